The summed E-state index contributed by atoms with van der Waals surface area (Å²) in [4.78, 5) is 0. The van der Waals surface area contributed by atoms with E-state index in [0.29, 0.717) is 0 Å². The Balaban J connectivity index is 2.46. The van der Waals surface area contributed by atoms with Crippen molar-refractivity contribution >= 4 is 0 Å². The first-order chi connectivity index (χ1) is 8.07. The van der Waals surface area contributed by atoms with Gasteiger partial charge < -0.3 is 10.4 Å². The molecule has 0 spiro atoms. The number of nitrogens with one attached hydrogen (secondary N) is 1. The summed E-state index contributed by atoms with van der Waals surface area (Å²) >= 11 is 0. The molecule has 0 amide bonds. The van der Waals surface area contributed by atoms with E-state index < -0.39 is 0 Å². The van der Waals surface area contributed by atoms with Gasteiger partial charge in [0.1, 0.15) is 0 Å². The number of aliphatic hydroxyl groups excluding tert-OH is 1. The predicted octanol–water partition coefficient (Wildman–Crippen LogP) is 2.89. The summed E-state index contributed by atoms with van der Waals surface area (Å²) in [7, 11) is 0. The number of hydrogen-bond acceptors (Lipinski definition) is 2. The Morgan fingerprint density at radius 2 is 1.71 bits per heavy atom. The minimum absolute atomic E-state index is 0.00313. The lowest BCUT2D eigenvalue weighted by Crippen LogP contribution is -2.39. The maximum Gasteiger partial charge on any atom is 0.0448 e. The Morgan fingerprint density at radius 3 is 2.24 bits per heavy atom. The zero-order chi connectivity index (χ0) is 12.7. The molecule has 0 aliphatic heterocycles. The van der Waals surface area contributed by atoms with Gasteiger partial charge in [0.05, 0.1) is 0 Å². The number of benzene rings is 1. The number of hydrogen-bond donors (Lipinski definition) is 2. The van der Waals surface area contributed by atoms with Gasteiger partial charge in [-0.25, -0.2) is 0 Å². The SMILES string of the molecule is CCCc1ccc(CNC(C)(C)CCO)cc1. The molecule has 0 saturated carbocycles. The highest BCUT2D eigenvalue weighted by molar-refractivity contribution is 5.22. The average molecular weight is 235 g/mol. The maximum atomic E-state index is 8.95. The number of aryl methyl sites for hydroxylation is 1. The molecule has 1 aromatic rings. The van der Waals surface area contributed by atoms with Gasteiger partial charge in [0, 0.05) is 18.7 Å². The van der Waals surface area contributed by atoms with Crippen LogP contribution in [-0.4, -0.2) is 17.3 Å². The van der Waals surface area contributed by atoms with Crippen molar-refractivity contribution in [2.75, 3.05) is 6.61 Å². The Bertz CT molecular complexity index is 316. The molecule has 0 heterocycles. The molecule has 0 atom stereocenters. The van der Waals surface area contributed by atoms with E-state index in [9.17, 15) is 0 Å². The van der Waals surface area contributed by atoms with Gasteiger partial charge in [-0.15, -0.1) is 0 Å². The lowest BCUT2D eigenvalue weighted by molar-refractivity contribution is 0.230. The van der Waals surface area contributed by atoms with E-state index in [4.69, 9.17) is 5.11 Å². The largest absolute Gasteiger partial charge is 0.396 e. The van der Waals surface area contributed by atoms with Gasteiger partial charge in [-0.1, -0.05) is 37.6 Å². The van der Waals surface area contributed by atoms with Crippen molar-refractivity contribution in [2.45, 2.75) is 52.1 Å². The monoisotopic (exact) mass is 235 g/mol. The summed E-state index contributed by atoms with van der Waals surface area (Å²) in [5.74, 6) is 0. The van der Waals surface area contributed by atoms with Crippen LogP contribution in [0.1, 0.15) is 44.7 Å². The molecule has 0 aromatic heterocycles. The normalized spacial score (nSPS) is 11.8. The highest BCUT2D eigenvalue weighted by Gasteiger charge is 2.15. The molecular weight excluding hydrogens is 210 g/mol. The molecule has 1 aromatic carbocycles. The first-order valence-corrected chi connectivity index (χ1v) is 6.51. The second-order valence-corrected chi connectivity index (χ2v) is 5.28. The second-order valence-electron chi connectivity index (χ2n) is 5.28. The number of rotatable bonds is 7. The first-order valence-electron chi connectivity index (χ1n) is 6.51. The first kappa shape index (κ1) is 14.2. The Morgan fingerprint density at radius 1 is 1.12 bits per heavy atom. The number of aliphatic hydroxyl groups is 1. The molecule has 0 saturated heterocycles. The fourth-order valence-electron chi connectivity index (χ4n) is 1.82. The van der Waals surface area contributed by atoms with Gasteiger partial charge in [-0.2, -0.15) is 0 Å². The highest BCUT2D eigenvalue weighted by atomic mass is 16.3. The molecule has 96 valence electrons. The van der Waals surface area contributed by atoms with Gasteiger partial charge in [-0.05, 0) is 37.8 Å². The fourth-order valence-corrected chi connectivity index (χ4v) is 1.82. The van der Waals surface area contributed by atoms with Crippen LogP contribution in [0.15, 0.2) is 24.3 Å². The van der Waals surface area contributed by atoms with Crippen LogP contribution < -0.4 is 5.32 Å². The van der Waals surface area contributed by atoms with E-state index in [1.165, 1.54) is 17.5 Å². The molecule has 2 nitrogen and oxygen atoms in total. The fraction of sp³-hybridized carbons (Fsp3) is 0.600. The average Bonchev–Trinajstić information content (AvgIpc) is 2.29. The third-order valence-electron chi connectivity index (χ3n) is 3.07. The highest BCUT2D eigenvalue weighted by Crippen LogP contribution is 2.11. The lowest BCUT2D eigenvalue weighted by Gasteiger charge is -2.25. The van der Waals surface area contributed by atoms with Gasteiger partial charge in [-0.3, -0.25) is 0 Å². The summed E-state index contributed by atoms with van der Waals surface area (Å²) in [5, 5.41) is 12.4. The molecule has 17 heavy (non-hydrogen) atoms. The Labute approximate surface area is 105 Å². The minimum atomic E-state index is -0.00313. The van der Waals surface area contributed by atoms with E-state index >= 15 is 0 Å². The van der Waals surface area contributed by atoms with Crippen LogP contribution in [0, 0.1) is 0 Å². The molecule has 0 radical (unpaired) electrons. The van der Waals surface area contributed by atoms with Crippen LogP contribution in [0.3, 0.4) is 0 Å². The zero-order valence-corrected chi connectivity index (χ0v) is 11.3. The van der Waals surface area contributed by atoms with Crippen molar-refractivity contribution in [3.8, 4) is 0 Å². The van der Waals surface area contributed by atoms with Crippen molar-refractivity contribution in [2.24, 2.45) is 0 Å². The van der Waals surface area contributed by atoms with Crippen LogP contribution in [0.2, 0.25) is 0 Å². The molecule has 0 aliphatic rings. The molecule has 0 aliphatic carbocycles. The summed E-state index contributed by atoms with van der Waals surface area (Å²) in [6.07, 6.45) is 3.13. The van der Waals surface area contributed by atoms with Gasteiger partial charge in [0.25, 0.3) is 0 Å². The van der Waals surface area contributed by atoms with Crippen molar-refractivity contribution in [3.05, 3.63) is 35.4 Å². The summed E-state index contributed by atoms with van der Waals surface area (Å²) in [6, 6.07) is 8.79. The van der Waals surface area contributed by atoms with Crippen LogP contribution in [0.4, 0.5) is 0 Å². The summed E-state index contributed by atoms with van der Waals surface area (Å²) in [6.45, 7) is 7.53. The van der Waals surface area contributed by atoms with Crippen molar-refractivity contribution in [1.82, 2.24) is 5.32 Å². The maximum absolute atomic E-state index is 8.95. The molecular formula is C15H25NO. The van der Waals surface area contributed by atoms with Crippen molar-refractivity contribution in [3.63, 3.8) is 0 Å². The molecule has 2 heteroatoms. The third-order valence-corrected chi connectivity index (χ3v) is 3.07. The summed E-state index contributed by atoms with van der Waals surface area (Å²) < 4.78 is 0. The van der Waals surface area contributed by atoms with E-state index in [2.05, 4.69) is 50.4 Å². The molecule has 0 fully saturated rings. The zero-order valence-electron chi connectivity index (χ0n) is 11.3. The van der Waals surface area contributed by atoms with Crippen LogP contribution in [0.25, 0.3) is 0 Å². The standard InChI is InChI=1S/C15H25NO/c1-4-5-13-6-8-14(9-7-13)12-16-15(2,3)10-11-17/h6-9,16-17H,4-5,10-12H2,1-3H3. The molecule has 1 rings (SSSR count). The van der Waals surface area contributed by atoms with E-state index in [1.807, 2.05) is 0 Å². The van der Waals surface area contributed by atoms with Crippen LogP contribution in [-0.2, 0) is 13.0 Å². The minimum Gasteiger partial charge on any atom is -0.396 e. The lowest BCUT2D eigenvalue weighted by atomic mass is 10.0. The Hall–Kier alpha value is -0.860. The van der Waals surface area contributed by atoms with Crippen LogP contribution >= 0.6 is 0 Å². The second kappa shape index (κ2) is 6.77. The van der Waals surface area contributed by atoms with Gasteiger partial charge >= 0.3 is 0 Å². The smallest absolute Gasteiger partial charge is 0.0448 e. The molecule has 0 unspecified atom stereocenters. The van der Waals surface area contributed by atoms with E-state index in [0.717, 1.165) is 19.4 Å². The third kappa shape index (κ3) is 5.33. The van der Waals surface area contributed by atoms with Gasteiger partial charge in [0.2, 0.25) is 0 Å². The predicted molar refractivity (Wildman–Crippen MR) is 73.1 cm³/mol. The topological polar surface area (TPSA) is 32.3 Å². The van der Waals surface area contributed by atoms with Gasteiger partial charge in [0.15, 0.2) is 0 Å². The molecule has 2 N–H and O–H groups in total. The van der Waals surface area contributed by atoms with Crippen LogP contribution in [0.5, 0.6) is 0 Å². The van der Waals surface area contributed by atoms with Crippen molar-refractivity contribution < 1.29 is 5.11 Å². The quantitative estimate of drug-likeness (QED) is 0.761. The Kier molecular flexibility index (Phi) is 5.66. The van der Waals surface area contributed by atoms with E-state index in [-0.39, 0.29) is 12.1 Å². The van der Waals surface area contributed by atoms with E-state index in [1.54, 1.807) is 0 Å². The van der Waals surface area contributed by atoms with Crippen molar-refractivity contribution in [1.29, 1.82) is 0 Å². The molecule has 0 bridgehead atoms. The summed E-state index contributed by atoms with van der Waals surface area (Å²) in [5.41, 5.74) is 2.71.